The molecule has 4 heteroatoms. The Bertz CT molecular complexity index is 512. The molecule has 26 heavy (non-hydrogen) atoms. The van der Waals surface area contributed by atoms with Gasteiger partial charge in [0.15, 0.2) is 0 Å². The highest BCUT2D eigenvalue weighted by Crippen LogP contribution is 2.21. The number of anilines is 2. The van der Waals surface area contributed by atoms with E-state index in [4.69, 9.17) is 0 Å². The van der Waals surface area contributed by atoms with Crippen LogP contribution in [0.15, 0.2) is 24.3 Å². The molecule has 1 aromatic rings. The number of carbonyl (C=O) groups is 2. The van der Waals surface area contributed by atoms with Crippen LogP contribution >= 0.6 is 0 Å². The second-order valence-electron chi connectivity index (χ2n) is 7.05. The van der Waals surface area contributed by atoms with Gasteiger partial charge in [0.1, 0.15) is 0 Å². The van der Waals surface area contributed by atoms with Gasteiger partial charge < -0.3 is 10.6 Å². The van der Waals surface area contributed by atoms with E-state index < -0.39 is 0 Å². The third-order valence-electron chi connectivity index (χ3n) is 4.94. The van der Waals surface area contributed by atoms with Crippen molar-refractivity contribution in [1.82, 2.24) is 0 Å². The van der Waals surface area contributed by atoms with E-state index in [2.05, 4.69) is 38.3 Å². The molecule has 0 bridgehead atoms. The molecule has 0 aromatic heterocycles. The molecule has 1 rings (SSSR count). The van der Waals surface area contributed by atoms with Crippen molar-refractivity contribution in [1.29, 1.82) is 0 Å². The Kier molecular flexibility index (Phi) is 10.7. The molecule has 0 saturated carbocycles. The van der Waals surface area contributed by atoms with Gasteiger partial charge in [-0.1, -0.05) is 59.4 Å². The third-order valence-corrected chi connectivity index (χ3v) is 4.94. The first-order valence-electron chi connectivity index (χ1n) is 10.3. The Balaban J connectivity index is 2.69. The van der Waals surface area contributed by atoms with Crippen LogP contribution in [0.1, 0.15) is 79.1 Å². The lowest BCUT2D eigenvalue weighted by molar-refractivity contribution is -0.120. The van der Waals surface area contributed by atoms with Crippen LogP contribution in [0, 0.1) is 11.8 Å². The first-order chi connectivity index (χ1) is 12.5. The standard InChI is InChI=1S/C22H36N2O2/c1-5-9-12-17(7-3)21(25)23-19-14-11-15-20(16-19)24-22(26)18(8-4)13-10-6-2/h11,14-18H,5-10,12-13H2,1-4H3,(H,23,25)(H,24,26)/t17-,18-/m0/s1. The van der Waals surface area contributed by atoms with Gasteiger partial charge in [-0.05, 0) is 43.9 Å². The summed E-state index contributed by atoms with van der Waals surface area (Å²) < 4.78 is 0. The number of rotatable bonds is 12. The van der Waals surface area contributed by atoms with Crippen LogP contribution in [0.5, 0.6) is 0 Å². The smallest absolute Gasteiger partial charge is 0.227 e. The molecule has 0 aliphatic heterocycles. The summed E-state index contributed by atoms with van der Waals surface area (Å²) in [7, 11) is 0. The summed E-state index contributed by atoms with van der Waals surface area (Å²) in [4.78, 5) is 24.9. The largest absolute Gasteiger partial charge is 0.326 e. The maximum Gasteiger partial charge on any atom is 0.227 e. The van der Waals surface area contributed by atoms with Crippen molar-refractivity contribution < 1.29 is 9.59 Å². The monoisotopic (exact) mass is 360 g/mol. The minimum absolute atomic E-state index is 0.0479. The topological polar surface area (TPSA) is 58.2 Å². The van der Waals surface area contributed by atoms with Gasteiger partial charge in [0.2, 0.25) is 11.8 Å². The fourth-order valence-electron chi connectivity index (χ4n) is 3.11. The molecule has 0 saturated heterocycles. The van der Waals surface area contributed by atoms with Crippen LogP contribution in [0.25, 0.3) is 0 Å². The highest BCUT2D eigenvalue weighted by molar-refractivity contribution is 5.95. The lowest BCUT2D eigenvalue weighted by atomic mass is 9.98. The minimum Gasteiger partial charge on any atom is -0.326 e. The first-order valence-corrected chi connectivity index (χ1v) is 10.3. The summed E-state index contributed by atoms with van der Waals surface area (Å²) >= 11 is 0. The summed E-state index contributed by atoms with van der Waals surface area (Å²) in [6.45, 7) is 8.39. The fourth-order valence-corrected chi connectivity index (χ4v) is 3.11. The number of hydrogen-bond acceptors (Lipinski definition) is 2. The van der Waals surface area contributed by atoms with Crippen LogP contribution in [-0.4, -0.2) is 11.8 Å². The molecule has 0 aliphatic rings. The highest BCUT2D eigenvalue weighted by Gasteiger charge is 2.17. The molecule has 0 fully saturated rings. The molecule has 0 radical (unpaired) electrons. The van der Waals surface area contributed by atoms with Crippen LogP contribution < -0.4 is 10.6 Å². The number of unbranched alkanes of at least 4 members (excludes halogenated alkanes) is 2. The van der Waals surface area contributed by atoms with Crippen LogP contribution in [-0.2, 0) is 9.59 Å². The summed E-state index contributed by atoms with van der Waals surface area (Å²) in [6.07, 6.45) is 7.87. The molecule has 1 aromatic carbocycles. The van der Waals surface area contributed by atoms with Gasteiger partial charge in [-0.15, -0.1) is 0 Å². The van der Waals surface area contributed by atoms with Gasteiger partial charge in [-0.2, -0.15) is 0 Å². The zero-order chi connectivity index (χ0) is 19.4. The Morgan fingerprint density at radius 2 is 1.23 bits per heavy atom. The van der Waals surface area contributed by atoms with E-state index in [1.165, 1.54) is 0 Å². The van der Waals surface area contributed by atoms with Crippen LogP contribution in [0.4, 0.5) is 11.4 Å². The third kappa shape index (κ3) is 7.59. The van der Waals surface area contributed by atoms with Crippen LogP contribution in [0.2, 0.25) is 0 Å². The molecule has 2 N–H and O–H groups in total. The van der Waals surface area contributed by atoms with E-state index in [0.717, 1.165) is 62.7 Å². The van der Waals surface area contributed by atoms with E-state index in [-0.39, 0.29) is 23.7 Å². The summed E-state index contributed by atoms with van der Waals surface area (Å²) in [5.41, 5.74) is 1.48. The number of hydrogen-bond donors (Lipinski definition) is 2. The SMILES string of the molecule is CCCC[C@H](CC)C(=O)Nc1cccc(NC(=O)[C@@H](CC)CCCC)c1. The van der Waals surface area contributed by atoms with Crippen molar-refractivity contribution in [3.63, 3.8) is 0 Å². The number of benzene rings is 1. The van der Waals surface area contributed by atoms with Gasteiger partial charge in [-0.25, -0.2) is 0 Å². The average Bonchev–Trinajstić information content (AvgIpc) is 2.63. The molecular weight excluding hydrogens is 324 g/mol. The first kappa shape index (κ1) is 22.2. The van der Waals surface area contributed by atoms with Crippen molar-refractivity contribution in [3.05, 3.63) is 24.3 Å². The van der Waals surface area contributed by atoms with Gasteiger partial charge >= 0.3 is 0 Å². The second kappa shape index (κ2) is 12.5. The summed E-state index contributed by atoms with van der Waals surface area (Å²) in [6, 6.07) is 7.45. The Morgan fingerprint density at radius 3 is 1.58 bits per heavy atom. The van der Waals surface area contributed by atoms with E-state index in [1.54, 1.807) is 0 Å². The van der Waals surface area contributed by atoms with Gasteiger partial charge in [-0.3, -0.25) is 9.59 Å². The quantitative estimate of drug-likeness (QED) is 0.480. The molecule has 0 spiro atoms. The predicted octanol–water partition coefficient (Wildman–Crippen LogP) is 6.00. The number of nitrogens with one attached hydrogen (secondary N) is 2. The summed E-state index contributed by atoms with van der Waals surface area (Å²) in [5.74, 6) is 0.232. The van der Waals surface area contributed by atoms with E-state index >= 15 is 0 Å². The zero-order valence-electron chi connectivity index (χ0n) is 16.9. The molecular formula is C22H36N2O2. The maximum atomic E-state index is 12.5. The average molecular weight is 361 g/mol. The maximum absolute atomic E-state index is 12.5. The zero-order valence-corrected chi connectivity index (χ0v) is 16.9. The fraction of sp³-hybridized carbons (Fsp3) is 0.636. The van der Waals surface area contributed by atoms with Crippen molar-refractivity contribution >= 4 is 23.2 Å². The van der Waals surface area contributed by atoms with E-state index in [1.807, 2.05) is 24.3 Å². The molecule has 0 heterocycles. The Morgan fingerprint density at radius 1 is 0.808 bits per heavy atom. The molecule has 0 unspecified atom stereocenters. The highest BCUT2D eigenvalue weighted by atomic mass is 16.2. The Hall–Kier alpha value is -1.84. The molecule has 2 amide bonds. The molecule has 2 atom stereocenters. The van der Waals surface area contributed by atoms with E-state index in [0.29, 0.717) is 0 Å². The van der Waals surface area contributed by atoms with Gasteiger partial charge in [0.05, 0.1) is 0 Å². The number of carbonyl (C=O) groups excluding carboxylic acids is 2. The van der Waals surface area contributed by atoms with Crippen molar-refractivity contribution in [2.75, 3.05) is 10.6 Å². The normalized spacial score (nSPS) is 13.1. The Labute approximate surface area is 159 Å². The second-order valence-corrected chi connectivity index (χ2v) is 7.05. The van der Waals surface area contributed by atoms with Crippen molar-refractivity contribution in [2.24, 2.45) is 11.8 Å². The lowest BCUT2D eigenvalue weighted by Crippen LogP contribution is -2.23. The molecule has 146 valence electrons. The lowest BCUT2D eigenvalue weighted by Gasteiger charge is -2.17. The van der Waals surface area contributed by atoms with Crippen molar-refractivity contribution in [3.8, 4) is 0 Å². The van der Waals surface area contributed by atoms with Crippen LogP contribution in [0.3, 0.4) is 0 Å². The minimum atomic E-state index is 0.0479. The molecule has 0 aliphatic carbocycles. The predicted molar refractivity (Wildman–Crippen MR) is 110 cm³/mol. The van der Waals surface area contributed by atoms with Crippen molar-refractivity contribution in [2.45, 2.75) is 79.1 Å². The van der Waals surface area contributed by atoms with Gasteiger partial charge in [0.25, 0.3) is 0 Å². The molecule has 4 nitrogen and oxygen atoms in total. The number of amides is 2. The van der Waals surface area contributed by atoms with Gasteiger partial charge in [0, 0.05) is 23.2 Å². The van der Waals surface area contributed by atoms with E-state index in [9.17, 15) is 9.59 Å². The summed E-state index contributed by atoms with van der Waals surface area (Å²) in [5, 5.41) is 6.01.